The van der Waals surface area contributed by atoms with Gasteiger partial charge in [0.05, 0.1) is 0 Å². The maximum atomic E-state index is 5.31. The number of hydrogen-bond acceptors (Lipinski definition) is 2. The first kappa shape index (κ1) is 12.0. The SMILES string of the molecule is C=C1[C@@H]2C[C@@H](COC)CC[C@]2(C)CCN1C. The molecule has 2 rings (SSSR count). The van der Waals surface area contributed by atoms with Crippen LogP contribution in [0.5, 0.6) is 0 Å². The fraction of sp³-hybridized carbons (Fsp3) is 0.857. The van der Waals surface area contributed by atoms with Crippen LogP contribution in [0.1, 0.15) is 32.6 Å². The number of allylic oxidation sites excluding steroid dienone is 1. The third kappa shape index (κ3) is 2.00. The van der Waals surface area contributed by atoms with Crippen molar-refractivity contribution in [3.63, 3.8) is 0 Å². The molecule has 1 saturated carbocycles. The first-order chi connectivity index (χ1) is 7.57. The molecule has 0 unspecified atom stereocenters. The average molecular weight is 223 g/mol. The van der Waals surface area contributed by atoms with E-state index in [-0.39, 0.29) is 0 Å². The Bertz CT molecular complexity index is 276. The number of likely N-dealkylation sites (tertiary alicyclic amines) is 1. The lowest BCUT2D eigenvalue weighted by Crippen LogP contribution is -2.46. The second-order valence-electron chi connectivity index (χ2n) is 5.97. The van der Waals surface area contributed by atoms with Gasteiger partial charge in [0.25, 0.3) is 0 Å². The zero-order valence-electron chi connectivity index (χ0n) is 11.0. The monoisotopic (exact) mass is 223 g/mol. The Labute approximate surface area is 99.7 Å². The third-order valence-electron chi connectivity index (χ3n) is 4.85. The average Bonchev–Trinajstić information content (AvgIpc) is 2.27. The Hall–Kier alpha value is -0.500. The van der Waals surface area contributed by atoms with Crippen LogP contribution in [-0.2, 0) is 4.74 Å². The van der Waals surface area contributed by atoms with E-state index in [0.717, 1.165) is 12.5 Å². The van der Waals surface area contributed by atoms with Crippen LogP contribution in [0, 0.1) is 17.3 Å². The van der Waals surface area contributed by atoms with Gasteiger partial charge in [0.15, 0.2) is 0 Å². The molecule has 3 atom stereocenters. The highest BCUT2D eigenvalue weighted by Gasteiger charge is 2.44. The quantitative estimate of drug-likeness (QED) is 0.713. The van der Waals surface area contributed by atoms with E-state index < -0.39 is 0 Å². The Kier molecular flexibility index (Phi) is 3.29. The molecular weight excluding hydrogens is 198 g/mol. The lowest BCUT2D eigenvalue weighted by atomic mass is 9.60. The molecule has 2 nitrogen and oxygen atoms in total. The van der Waals surface area contributed by atoms with Gasteiger partial charge in [-0.25, -0.2) is 0 Å². The second kappa shape index (κ2) is 4.40. The number of hydrogen-bond donors (Lipinski definition) is 0. The lowest BCUT2D eigenvalue weighted by molar-refractivity contribution is 0.0151. The van der Waals surface area contributed by atoms with E-state index >= 15 is 0 Å². The maximum absolute atomic E-state index is 5.31. The number of fused-ring (bicyclic) bond motifs is 1. The van der Waals surface area contributed by atoms with E-state index in [2.05, 4.69) is 25.5 Å². The molecule has 2 heteroatoms. The third-order valence-corrected chi connectivity index (χ3v) is 4.85. The van der Waals surface area contributed by atoms with E-state index in [9.17, 15) is 0 Å². The van der Waals surface area contributed by atoms with Gasteiger partial charge in [-0.15, -0.1) is 0 Å². The summed E-state index contributed by atoms with van der Waals surface area (Å²) in [4.78, 5) is 2.35. The van der Waals surface area contributed by atoms with E-state index in [0.29, 0.717) is 11.3 Å². The predicted molar refractivity (Wildman–Crippen MR) is 67.2 cm³/mol. The Balaban J connectivity index is 2.09. The molecule has 1 aliphatic carbocycles. The first-order valence-electron chi connectivity index (χ1n) is 6.45. The highest BCUT2D eigenvalue weighted by Crippen LogP contribution is 2.51. The zero-order chi connectivity index (χ0) is 11.8. The predicted octanol–water partition coefficient (Wildman–Crippen LogP) is 2.90. The van der Waals surface area contributed by atoms with E-state index in [1.807, 2.05) is 7.11 Å². The molecule has 0 bridgehead atoms. The lowest BCUT2D eigenvalue weighted by Gasteiger charge is -2.51. The maximum Gasteiger partial charge on any atom is 0.0490 e. The topological polar surface area (TPSA) is 12.5 Å². The Morgan fingerprint density at radius 3 is 2.94 bits per heavy atom. The normalized spacial score (nSPS) is 39.7. The van der Waals surface area contributed by atoms with Crippen LogP contribution in [-0.4, -0.2) is 32.2 Å². The molecule has 1 saturated heterocycles. The standard InChI is InChI=1S/C14H25NO/c1-11-13-9-12(10-16-4)5-6-14(13,2)7-8-15(11)3/h12-13H,1,5-10H2,2-4H3/t12-,13-,14+/m0/s1. The largest absolute Gasteiger partial charge is 0.384 e. The molecule has 0 aromatic rings. The van der Waals surface area contributed by atoms with Crippen molar-refractivity contribution in [1.29, 1.82) is 0 Å². The molecule has 0 aromatic carbocycles. The van der Waals surface area contributed by atoms with E-state index in [1.165, 1.54) is 37.9 Å². The summed E-state index contributed by atoms with van der Waals surface area (Å²) in [6.45, 7) is 8.86. The molecule has 0 aromatic heterocycles. The van der Waals surface area contributed by atoms with Crippen LogP contribution >= 0.6 is 0 Å². The van der Waals surface area contributed by atoms with Gasteiger partial charge < -0.3 is 9.64 Å². The van der Waals surface area contributed by atoms with Crippen LogP contribution in [0.2, 0.25) is 0 Å². The number of ether oxygens (including phenoxy) is 1. The fourth-order valence-corrected chi connectivity index (χ4v) is 3.50. The fourth-order valence-electron chi connectivity index (χ4n) is 3.50. The minimum atomic E-state index is 0.508. The minimum absolute atomic E-state index is 0.508. The molecule has 0 radical (unpaired) electrons. The molecule has 92 valence electrons. The summed E-state index contributed by atoms with van der Waals surface area (Å²) >= 11 is 0. The van der Waals surface area contributed by atoms with Gasteiger partial charge in [0.2, 0.25) is 0 Å². The van der Waals surface area contributed by atoms with Crippen molar-refractivity contribution >= 4 is 0 Å². The molecule has 16 heavy (non-hydrogen) atoms. The van der Waals surface area contributed by atoms with E-state index in [4.69, 9.17) is 4.74 Å². The van der Waals surface area contributed by atoms with Crippen molar-refractivity contribution in [2.24, 2.45) is 17.3 Å². The van der Waals surface area contributed by atoms with Crippen molar-refractivity contribution in [3.8, 4) is 0 Å². The summed E-state index contributed by atoms with van der Waals surface area (Å²) in [5.74, 6) is 1.42. The molecule has 1 heterocycles. The minimum Gasteiger partial charge on any atom is -0.384 e. The zero-order valence-corrected chi connectivity index (χ0v) is 11.0. The highest BCUT2D eigenvalue weighted by atomic mass is 16.5. The van der Waals surface area contributed by atoms with Gasteiger partial charge in [0.1, 0.15) is 0 Å². The summed E-state index contributed by atoms with van der Waals surface area (Å²) in [7, 11) is 4.00. The van der Waals surface area contributed by atoms with E-state index in [1.54, 1.807) is 0 Å². The summed E-state index contributed by atoms with van der Waals surface area (Å²) in [5.41, 5.74) is 1.86. The molecular formula is C14H25NO. The van der Waals surface area contributed by atoms with Gasteiger partial charge in [0, 0.05) is 38.9 Å². The molecule has 2 aliphatic rings. The van der Waals surface area contributed by atoms with Gasteiger partial charge in [-0.05, 0) is 37.0 Å². The molecule has 0 amide bonds. The molecule has 1 aliphatic heterocycles. The molecule has 0 N–H and O–H groups in total. The van der Waals surface area contributed by atoms with Crippen molar-refractivity contribution < 1.29 is 4.74 Å². The smallest absolute Gasteiger partial charge is 0.0490 e. The number of nitrogens with zero attached hydrogens (tertiary/aromatic N) is 1. The van der Waals surface area contributed by atoms with Crippen molar-refractivity contribution in [3.05, 3.63) is 12.3 Å². The number of methoxy groups -OCH3 is 1. The molecule has 0 spiro atoms. The Morgan fingerprint density at radius 1 is 1.50 bits per heavy atom. The highest BCUT2D eigenvalue weighted by molar-refractivity contribution is 5.11. The summed E-state index contributed by atoms with van der Waals surface area (Å²) in [6.07, 6.45) is 5.27. The summed E-state index contributed by atoms with van der Waals surface area (Å²) in [6, 6.07) is 0. The van der Waals surface area contributed by atoms with Crippen molar-refractivity contribution in [2.75, 3.05) is 27.3 Å². The number of rotatable bonds is 2. The van der Waals surface area contributed by atoms with Crippen LogP contribution in [0.25, 0.3) is 0 Å². The van der Waals surface area contributed by atoms with Crippen LogP contribution in [0.4, 0.5) is 0 Å². The number of piperidine rings is 1. The van der Waals surface area contributed by atoms with Gasteiger partial charge in [-0.3, -0.25) is 0 Å². The summed E-state index contributed by atoms with van der Waals surface area (Å²) < 4.78 is 5.31. The Morgan fingerprint density at radius 2 is 2.25 bits per heavy atom. The van der Waals surface area contributed by atoms with Crippen LogP contribution in [0.3, 0.4) is 0 Å². The second-order valence-corrected chi connectivity index (χ2v) is 5.97. The van der Waals surface area contributed by atoms with Gasteiger partial charge in [-0.1, -0.05) is 13.5 Å². The molecule has 2 fully saturated rings. The van der Waals surface area contributed by atoms with Crippen LogP contribution in [0.15, 0.2) is 12.3 Å². The van der Waals surface area contributed by atoms with Crippen molar-refractivity contribution in [2.45, 2.75) is 32.6 Å². The van der Waals surface area contributed by atoms with Crippen molar-refractivity contribution in [1.82, 2.24) is 4.90 Å². The summed E-state index contributed by atoms with van der Waals surface area (Å²) in [5, 5.41) is 0. The van der Waals surface area contributed by atoms with Gasteiger partial charge in [-0.2, -0.15) is 0 Å². The van der Waals surface area contributed by atoms with Gasteiger partial charge >= 0.3 is 0 Å². The van der Waals surface area contributed by atoms with Crippen LogP contribution < -0.4 is 0 Å². The first-order valence-corrected chi connectivity index (χ1v) is 6.45.